The number of rotatable bonds is 6. The molecule has 1 heterocycles. The van der Waals surface area contributed by atoms with Crippen LogP contribution in [0.3, 0.4) is 0 Å². The summed E-state index contributed by atoms with van der Waals surface area (Å²) in [5, 5.41) is 9.82. The lowest BCUT2D eigenvalue weighted by molar-refractivity contribution is -0.123. The summed E-state index contributed by atoms with van der Waals surface area (Å²) in [4.78, 5) is 24.4. The van der Waals surface area contributed by atoms with Gasteiger partial charge < -0.3 is 10.6 Å². The average molecular weight is 376 g/mol. The van der Waals surface area contributed by atoms with Gasteiger partial charge in [-0.15, -0.1) is 0 Å². The number of carbonyl (C=O) groups excluding carboxylic acids is 2. The van der Waals surface area contributed by atoms with E-state index >= 15 is 0 Å². The van der Waals surface area contributed by atoms with Crippen LogP contribution in [0.5, 0.6) is 0 Å². The lowest BCUT2D eigenvalue weighted by Gasteiger charge is -2.13. The number of aromatic nitrogens is 2. The van der Waals surface area contributed by atoms with Crippen molar-refractivity contribution in [2.75, 3.05) is 11.9 Å². The molecule has 0 bridgehead atoms. The first-order valence-electron chi connectivity index (χ1n) is 9.16. The van der Waals surface area contributed by atoms with E-state index in [1.54, 1.807) is 10.9 Å². The van der Waals surface area contributed by atoms with Gasteiger partial charge in [-0.3, -0.25) is 9.59 Å². The number of benzene rings is 2. The van der Waals surface area contributed by atoms with E-state index in [0.717, 1.165) is 33.6 Å². The van der Waals surface area contributed by atoms with Gasteiger partial charge in [0.25, 0.3) is 0 Å². The Morgan fingerprint density at radius 2 is 1.68 bits per heavy atom. The molecule has 0 radical (unpaired) electrons. The second-order valence-electron chi connectivity index (χ2n) is 6.90. The van der Waals surface area contributed by atoms with E-state index in [9.17, 15) is 9.59 Å². The molecule has 0 aliphatic heterocycles. The normalized spacial score (nSPS) is 10.5. The van der Waals surface area contributed by atoms with Crippen molar-refractivity contribution in [2.24, 2.45) is 0 Å². The van der Waals surface area contributed by atoms with Gasteiger partial charge in [-0.05, 0) is 49.6 Å². The van der Waals surface area contributed by atoms with Gasteiger partial charge in [0.05, 0.1) is 24.8 Å². The number of anilines is 1. The predicted molar refractivity (Wildman–Crippen MR) is 110 cm³/mol. The molecule has 3 rings (SSSR count). The second kappa shape index (κ2) is 8.52. The number of nitrogens with one attached hydrogen (secondary N) is 2. The number of aryl methyl sites for hydroxylation is 3. The fourth-order valence-corrected chi connectivity index (χ4v) is 3.16. The summed E-state index contributed by atoms with van der Waals surface area (Å²) in [6.07, 6.45) is 3.64. The Morgan fingerprint density at radius 3 is 2.36 bits per heavy atom. The van der Waals surface area contributed by atoms with Crippen LogP contribution in [0.15, 0.2) is 54.9 Å². The number of hydrogen-bond acceptors (Lipinski definition) is 3. The van der Waals surface area contributed by atoms with Gasteiger partial charge >= 0.3 is 0 Å². The third-order valence-electron chi connectivity index (χ3n) is 4.41. The minimum atomic E-state index is -0.247. The molecule has 1 aromatic heterocycles. The third kappa shape index (κ3) is 4.85. The first kappa shape index (κ1) is 19.4. The monoisotopic (exact) mass is 376 g/mol. The Morgan fingerprint density at radius 1 is 1.00 bits per heavy atom. The van der Waals surface area contributed by atoms with Crippen LogP contribution in [0, 0.1) is 20.8 Å². The van der Waals surface area contributed by atoms with E-state index in [-0.39, 0.29) is 24.8 Å². The van der Waals surface area contributed by atoms with Crippen molar-refractivity contribution < 1.29 is 9.59 Å². The van der Waals surface area contributed by atoms with Crippen LogP contribution in [0.25, 0.3) is 5.69 Å². The van der Waals surface area contributed by atoms with E-state index in [0.29, 0.717) is 0 Å². The maximum absolute atomic E-state index is 12.2. The fraction of sp³-hybridized carbons (Fsp3) is 0.227. The first-order chi connectivity index (χ1) is 13.4. The molecule has 0 spiro atoms. The van der Waals surface area contributed by atoms with E-state index < -0.39 is 0 Å². The Kier molecular flexibility index (Phi) is 5.89. The smallest absolute Gasteiger partial charge is 0.243 e. The molecule has 0 unspecified atom stereocenters. The molecular formula is C22H24N4O2. The van der Waals surface area contributed by atoms with Crippen LogP contribution in [-0.2, 0) is 16.0 Å². The molecule has 2 N–H and O–H groups in total. The van der Waals surface area contributed by atoms with Crippen LogP contribution < -0.4 is 10.6 Å². The van der Waals surface area contributed by atoms with Gasteiger partial charge in [0.15, 0.2) is 0 Å². The van der Waals surface area contributed by atoms with Gasteiger partial charge in [0.2, 0.25) is 11.8 Å². The van der Waals surface area contributed by atoms with Crippen molar-refractivity contribution in [1.82, 2.24) is 15.1 Å². The van der Waals surface area contributed by atoms with Crippen LogP contribution in [0.2, 0.25) is 0 Å². The number of para-hydroxylation sites is 1. The van der Waals surface area contributed by atoms with Gasteiger partial charge in [-0.2, -0.15) is 5.10 Å². The van der Waals surface area contributed by atoms with Crippen LogP contribution in [0.4, 0.5) is 5.69 Å². The molecule has 2 aromatic carbocycles. The van der Waals surface area contributed by atoms with E-state index in [1.165, 1.54) is 0 Å². The highest BCUT2D eigenvalue weighted by Crippen LogP contribution is 2.21. The number of nitrogens with zero attached hydrogens (tertiary/aromatic N) is 2. The highest BCUT2D eigenvalue weighted by Gasteiger charge is 2.11. The summed E-state index contributed by atoms with van der Waals surface area (Å²) < 4.78 is 1.72. The molecule has 0 atom stereocenters. The maximum atomic E-state index is 12.2. The standard InChI is InChI=1S/C22H24N4O2/c1-15-9-16(2)22(17(3)10-15)25-21(28)13-23-20(27)11-18-12-24-26(14-18)19-7-5-4-6-8-19/h4-10,12,14H,11,13H2,1-3H3,(H,23,27)(H,25,28). The topological polar surface area (TPSA) is 76.0 Å². The van der Waals surface area contributed by atoms with Gasteiger partial charge in [-0.25, -0.2) is 4.68 Å². The summed E-state index contributed by atoms with van der Waals surface area (Å²) in [6, 6.07) is 13.7. The Labute approximate surface area is 164 Å². The van der Waals surface area contributed by atoms with Crippen molar-refractivity contribution in [3.8, 4) is 5.69 Å². The Balaban J connectivity index is 1.52. The van der Waals surface area contributed by atoms with Crippen LogP contribution in [0.1, 0.15) is 22.3 Å². The van der Waals surface area contributed by atoms with E-state index in [2.05, 4.69) is 15.7 Å². The van der Waals surface area contributed by atoms with Gasteiger partial charge in [0.1, 0.15) is 0 Å². The van der Waals surface area contributed by atoms with Crippen molar-refractivity contribution in [3.05, 3.63) is 77.1 Å². The number of amides is 2. The van der Waals surface area contributed by atoms with Crippen molar-refractivity contribution in [1.29, 1.82) is 0 Å². The molecule has 2 amide bonds. The van der Waals surface area contributed by atoms with Crippen LogP contribution in [-0.4, -0.2) is 28.1 Å². The summed E-state index contributed by atoms with van der Waals surface area (Å²) in [5.41, 5.74) is 5.67. The zero-order valence-electron chi connectivity index (χ0n) is 16.3. The van der Waals surface area contributed by atoms with Gasteiger partial charge in [0, 0.05) is 11.9 Å². The maximum Gasteiger partial charge on any atom is 0.243 e. The summed E-state index contributed by atoms with van der Waals surface area (Å²) >= 11 is 0. The zero-order valence-corrected chi connectivity index (χ0v) is 16.3. The molecule has 0 saturated heterocycles. The number of carbonyl (C=O) groups is 2. The molecule has 6 nitrogen and oxygen atoms in total. The molecule has 0 aliphatic carbocycles. The summed E-state index contributed by atoms with van der Waals surface area (Å²) in [7, 11) is 0. The molecule has 3 aromatic rings. The Hall–Kier alpha value is -3.41. The van der Waals surface area contributed by atoms with Crippen molar-refractivity contribution >= 4 is 17.5 Å². The molecule has 0 saturated carbocycles. The van der Waals surface area contributed by atoms with E-state index in [4.69, 9.17) is 0 Å². The molecule has 0 fully saturated rings. The first-order valence-corrected chi connectivity index (χ1v) is 9.16. The van der Waals surface area contributed by atoms with Crippen molar-refractivity contribution in [3.63, 3.8) is 0 Å². The molecule has 0 aliphatic rings. The second-order valence-corrected chi connectivity index (χ2v) is 6.90. The molecule has 6 heteroatoms. The highest BCUT2D eigenvalue weighted by atomic mass is 16.2. The quantitative estimate of drug-likeness (QED) is 0.694. The lowest BCUT2D eigenvalue weighted by Crippen LogP contribution is -2.34. The molecule has 28 heavy (non-hydrogen) atoms. The summed E-state index contributed by atoms with van der Waals surface area (Å²) in [5.74, 6) is -0.469. The van der Waals surface area contributed by atoms with Crippen molar-refractivity contribution in [2.45, 2.75) is 27.2 Å². The zero-order chi connectivity index (χ0) is 20.1. The Bertz CT molecular complexity index is 970. The largest absolute Gasteiger partial charge is 0.347 e. The number of hydrogen-bond donors (Lipinski definition) is 2. The van der Waals surface area contributed by atoms with Gasteiger partial charge in [-0.1, -0.05) is 35.9 Å². The van der Waals surface area contributed by atoms with E-state index in [1.807, 2.05) is 69.4 Å². The lowest BCUT2D eigenvalue weighted by atomic mass is 10.1. The fourth-order valence-electron chi connectivity index (χ4n) is 3.16. The highest BCUT2D eigenvalue weighted by molar-refractivity contribution is 5.96. The minimum absolute atomic E-state index is 0.0710. The predicted octanol–water partition coefficient (Wildman–Crippen LogP) is 3.09. The summed E-state index contributed by atoms with van der Waals surface area (Å²) in [6.45, 7) is 5.86. The average Bonchev–Trinajstić information content (AvgIpc) is 3.12. The van der Waals surface area contributed by atoms with Crippen LogP contribution >= 0.6 is 0 Å². The SMILES string of the molecule is Cc1cc(C)c(NC(=O)CNC(=O)Cc2cnn(-c3ccccc3)c2)c(C)c1. The minimum Gasteiger partial charge on any atom is -0.347 e. The molecular weight excluding hydrogens is 352 g/mol. The molecule has 144 valence electrons. The third-order valence-corrected chi connectivity index (χ3v) is 4.41.